The van der Waals surface area contributed by atoms with Gasteiger partial charge in [0.05, 0.1) is 11.0 Å². The number of hydrogen-bond acceptors (Lipinski definition) is 4. The van der Waals surface area contributed by atoms with E-state index in [1.54, 1.807) is 0 Å². The van der Waals surface area contributed by atoms with E-state index in [-0.39, 0.29) is 0 Å². The van der Waals surface area contributed by atoms with Crippen molar-refractivity contribution >= 4 is 53.3 Å². The first-order valence-corrected chi connectivity index (χ1v) is 21.7. The van der Waals surface area contributed by atoms with E-state index in [9.17, 15) is 0 Å². The molecule has 4 nitrogen and oxygen atoms in total. The van der Waals surface area contributed by atoms with Gasteiger partial charge in [-0.25, -0.2) is 15.0 Å². The van der Waals surface area contributed by atoms with Crippen LogP contribution in [-0.4, -0.2) is 19.5 Å². The highest BCUT2D eigenvalue weighted by Gasteiger charge is 2.20. The molecule has 0 saturated carbocycles. The number of fused-ring (bicyclic) bond motifs is 6. The Morgan fingerprint density at radius 2 is 0.903 bits per heavy atom. The molecule has 3 aromatic heterocycles. The topological polar surface area (TPSA) is 43.6 Å². The molecule has 0 aliphatic carbocycles. The number of thiophene rings is 1. The van der Waals surface area contributed by atoms with Crippen LogP contribution in [0.5, 0.6) is 0 Å². The van der Waals surface area contributed by atoms with Crippen molar-refractivity contribution in [1.82, 2.24) is 19.5 Å². The van der Waals surface area contributed by atoms with Crippen molar-refractivity contribution < 1.29 is 0 Å². The van der Waals surface area contributed by atoms with Gasteiger partial charge < -0.3 is 4.57 Å². The van der Waals surface area contributed by atoms with Crippen LogP contribution in [0.15, 0.2) is 218 Å². The third-order valence-electron chi connectivity index (χ3n) is 11.9. The van der Waals surface area contributed by atoms with E-state index in [1.807, 2.05) is 35.6 Å². The van der Waals surface area contributed by atoms with Crippen molar-refractivity contribution in [2.45, 2.75) is 0 Å². The molecule has 0 radical (unpaired) electrons. The average Bonchev–Trinajstić information content (AvgIpc) is 3.90. The van der Waals surface area contributed by atoms with Gasteiger partial charge in [-0.05, 0) is 75.8 Å². The first-order chi connectivity index (χ1) is 30.7. The number of aromatic nitrogens is 4. The van der Waals surface area contributed by atoms with Gasteiger partial charge in [-0.1, -0.05) is 176 Å². The van der Waals surface area contributed by atoms with Crippen molar-refractivity contribution in [2.75, 3.05) is 0 Å². The van der Waals surface area contributed by atoms with Crippen LogP contribution in [0, 0.1) is 0 Å². The lowest BCUT2D eigenvalue weighted by Crippen LogP contribution is -2.02. The van der Waals surface area contributed by atoms with E-state index in [0.717, 1.165) is 55.7 Å². The molecule has 0 amide bonds. The molecule has 0 aliphatic heterocycles. The Balaban J connectivity index is 1.06. The first kappa shape index (κ1) is 35.9. The molecular weight excluding hydrogens is 773 g/mol. The van der Waals surface area contributed by atoms with Crippen molar-refractivity contribution in [3.8, 4) is 73.2 Å². The lowest BCUT2D eigenvalue weighted by atomic mass is 9.97. The zero-order valence-electron chi connectivity index (χ0n) is 33.5. The molecule has 12 aromatic rings. The van der Waals surface area contributed by atoms with Crippen LogP contribution in [0.1, 0.15) is 0 Å². The van der Waals surface area contributed by atoms with E-state index in [0.29, 0.717) is 17.5 Å². The number of nitrogens with zero attached hydrogens (tertiary/aromatic N) is 4. The van der Waals surface area contributed by atoms with Crippen LogP contribution in [0.4, 0.5) is 0 Å². The molecule has 0 unspecified atom stereocenters. The molecule has 62 heavy (non-hydrogen) atoms. The summed E-state index contributed by atoms with van der Waals surface area (Å²) in [6, 6.07) is 77.5. The third kappa shape index (κ3) is 6.18. The summed E-state index contributed by atoms with van der Waals surface area (Å²) in [7, 11) is 0. The Kier molecular flexibility index (Phi) is 8.65. The predicted octanol–water partition coefficient (Wildman–Crippen LogP) is 15.3. The van der Waals surface area contributed by atoms with E-state index < -0.39 is 0 Å². The second kappa shape index (κ2) is 14.9. The Hall–Kier alpha value is -7.99. The van der Waals surface area contributed by atoms with E-state index in [1.165, 1.54) is 42.1 Å². The molecule has 0 bridgehead atoms. The molecule has 0 atom stereocenters. The third-order valence-corrected chi connectivity index (χ3v) is 13.1. The largest absolute Gasteiger partial charge is 0.309 e. The van der Waals surface area contributed by atoms with Crippen LogP contribution in [0.2, 0.25) is 0 Å². The number of hydrogen-bond donors (Lipinski definition) is 0. The number of para-hydroxylation sites is 1. The van der Waals surface area contributed by atoms with Gasteiger partial charge in [-0.15, -0.1) is 11.3 Å². The maximum absolute atomic E-state index is 5.27. The minimum atomic E-state index is 0.616. The van der Waals surface area contributed by atoms with Crippen molar-refractivity contribution in [1.29, 1.82) is 0 Å². The predicted molar refractivity (Wildman–Crippen MR) is 260 cm³/mol. The van der Waals surface area contributed by atoms with Gasteiger partial charge in [-0.3, -0.25) is 0 Å². The van der Waals surface area contributed by atoms with Crippen LogP contribution in [-0.2, 0) is 0 Å². The normalized spacial score (nSPS) is 11.5. The lowest BCUT2D eigenvalue weighted by Gasteiger charge is -2.16. The van der Waals surface area contributed by atoms with Crippen molar-refractivity contribution in [3.63, 3.8) is 0 Å². The smallest absolute Gasteiger partial charge is 0.164 e. The Labute approximate surface area is 362 Å². The Morgan fingerprint density at radius 3 is 1.71 bits per heavy atom. The van der Waals surface area contributed by atoms with E-state index in [2.05, 4.69) is 199 Å². The van der Waals surface area contributed by atoms with E-state index in [4.69, 9.17) is 15.0 Å². The molecule has 0 spiro atoms. The fraction of sp³-hybridized carbons (Fsp3) is 0. The standard InChI is InChI=1S/C57H36N4S/c1-4-16-37(17-5-1)40-22-14-23-42(34-40)56-58-55(39-20-8-3-9-21-39)59-57(60-56)49-33-31-43(36-50(49)38-18-6-2-7-19-38)61-51-28-12-10-24-45(51)46-32-30-41(35-52(46)61)44-26-15-27-48-47-25-11-13-29-53(47)62-54(44)48/h1-36H. The van der Waals surface area contributed by atoms with Gasteiger partial charge >= 0.3 is 0 Å². The maximum atomic E-state index is 5.27. The summed E-state index contributed by atoms with van der Waals surface area (Å²) in [5, 5.41) is 5.03. The molecule has 290 valence electrons. The summed E-state index contributed by atoms with van der Waals surface area (Å²) in [5.41, 5.74) is 13.0. The van der Waals surface area contributed by atoms with Gasteiger partial charge in [0.2, 0.25) is 0 Å². The number of rotatable bonds is 7. The van der Waals surface area contributed by atoms with Gasteiger partial charge in [-0.2, -0.15) is 0 Å². The summed E-state index contributed by atoms with van der Waals surface area (Å²) in [5.74, 6) is 1.87. The Bertz CT molecular complexity index is 3630. The first-order valence-electron chi connectivity index (χ1n) is 20.8. The second-order valence-corrected chi connectivity index (χ2v) is 16.6. The van der Waals surface area contributed by atoms with Crippen LogP contribution < -0.4 is 0 Å². The zero-order chi connectivity index (χ0) is 41.0. The van der Waals surface area contributed by atoms with Crippen LogP contribution >= 0.6 is 11.3 Å². The van der Waals surface area contributed by atoms with Gasteiger partial charge in [0.25, 0.3) is 0 Å². The van der Waals surface area contributed by atoms with Crippen LogP contribution in [0.3, 0.4) is 0 Å². The van der Waals surface area contributed by atoms with Crippen molar-refractivity contribution in [3.05, 3.63) is 218 Å². The molecule has 9 aromatic carbocycles. The van der Waals surface area contributed by atoms with Crippen molar-refractivity contribution in [2.24, 2.45) is 0 Å². The summed E-state index contributed by atoms with van der Waals surface area (Å²) in [6.07, 6.45) is 0. The number of benzene rings is 9. The Morgan fingerprint density at radius 1 is 0.306 bits per heavy atom. The molecule has 0 N–H and O–H groups in total. The van der Waals surface area contributed by atoms with E-state index >= 15 is 0 Å². The van der Waals surface area contributed by atoms with Gasteiger partial charge in [0.1, 0.15) is 0 Å². The molecule has 0 aliphatic rings. The SMILES string of the molecule is c1ccc(-c2cccc(-c3nc(-c4ccccc4)nc(-c4ccc(-n5c6ccccc6c6ccc(-c7cccc8c7sc7ccccc78)cc65)cc4-c4ccccc4)n3)c2)cc1. The minimum Gasteiger partial charge on any atom is -0.309 e. The fourth-order valence-corrected chi connectivity index (χ4v) is 10.2. The van der Waals surface area contributed by atoms with Gasteiger partial charge in [0, 0.05) is 53.3 Å². The highest BCUT2D eigenvalue weighted by atomic mass is 32.1. The molecule has 12 rings (SSSR count). The summed E-state index contributed by atoms with van der Waals surface area (Å²) in [6.45, 7) is 0. The quantitative estimate of drug-likeness (QED) is 0.161. The molecule has 5 heteroatoms. The lowest BCUT2D eigenvalue weighted by molar-refractivity contribution is 1.07. The molecular formula is C57H36N4S. The average molecular weight is 809 g/mol. The molecule has 0 saturated heterocycles. The fourth-order valence-electron chi connectivity index (χ4n) is 8.92. The maximum Gasteiger partial charge on any atom is 0.164 e. The molecule has 3 heterocycles. The summed E-state index contributed by atoms with van der Waals surface area (Å²) in [4.78, 5) is 15.6. The second-order valence-electron chi connectivity index (χ2n) is 15.6. The molecule has 0 fully saturated rings. The minimum absolute atomic E-state index is 0.616. The highest BCUT2D eigenvalue weighted by Crippen LogP contribution is 2.43. The van der Waals surface area contributed by atoms with Crippen LogP contribution in [0.25, 0.3) is 115 Å². The van der Waals surface area contributed by atoms with Gasteiger partial charge in [0.15, 0.2) is 17.5 Å². The summed E-state index contributed by atoms with van der Waals surface area (Å²) >= 11 is 1.87. The monoisotopic (exact) mass is 808 g/mol. The summed E-state index contributed by atoms with van der Waals surface area (Å²) < 4.78 is 5.03. The highest BCUT2D eigenvalue weighted by molar-refractivity contribution is 7.26. The zero-order valence-corrected chi connectivity index (χ0v) is 34.3.